The molecule has 0 spiro atoms. The second kappa shape index (κ2) is 13.1. The molecule has 26 heavy (non-hydrogen) atoms. The average molecular weight is 502 g/mol. The van der Waals surface area contributed by atoms with E-state index in [2.05, 4.69) is 45.7 Å². The first-order chi connectivity index (χ1) is 12.3. The van der Waals surface area contributed by atoms with E-state index >= 15 is 0 Å². The van der Waals surface area contributed by atoms with Crippen molar-refractivity contribution in [2.75, 3.05) is 0 Å². The summed E-state index contributed by atoms with van der Waals surface area (Å²) in [5.74, 6) is 0.479. The Morgan fingerprint density at radius 3 is 1.31 bits per heavy atom. The minimum absolute atomic E-state index is 0.240. The maximum Gasteiger partial charge on any atom is 0.0837 e. The van der Waals surface area contributed by atoms with Gasteiger partial charge in [-0.15, -0.1) is 0 Å². The van der Waals surface area contributed by atoms with Gasteiger partial charge in [0.1, 0.15) is 0 Å². The lowest BCUT2D eigenvalue weighted by atomic mass is 9.81. The quantitative estimate of drug-likeness (QED) is 0.412. The lowest BCUT2D eigenvalue weighted by Crippen LogP contribution is -2.42. The summed E-state index contributed by atoms with van der Waals surface area (Å²) in [6, 6.07) is 0. The van der Waals surface area contributed by atoms with Gasteiger partial charge < -0.3 is 20.4 Å². The fraction of sp³-hybridized carbons (Fsp3) is 1.00. The van der Waals surface area contributed by atoms with Crippen LogP contribution in [0.25, 0.3) is 0 Å². The number of aliphatic hydroxyl groups is 4. The van der Waals surface area contributed by atoms with Crippen LogP contribution in [0.4, 0.5) is 0 Å². The Balaban J connectivity index is 0.000000260. The molecular weight excluding hydrogens is 464 g/mol. The SMILES string of the molecule is CCCC[C@@H]1[C@@H](O)[C@@H](O)CC[C@H]1Br.CCCC[C@@H]1[C@@H](O)[C@@H](O)CC[C@H]1Br. The highest BCUT2D eigenvalue weighted by atomic mass is 79.9. The highest BCUT2D eigenvalue weighted by Crippen LogP contribution is 2.34. The molecule has 0 aromatic rings. The minimum atomic E-state index is -0.523. The molecule has 4 N–H and O–H groups in total. The summed E-state index contributed by atoms with van der Waals surface area (Å²) in [6.07, 6.45) is 7.96. The van der Waals surface area contributed by atoms with E-state index in [4.69, 9.17) is 0 Å². The van der Waals surface area contributed by atoms with Crippen LogP contribution in [-0.4, -0.2) is 54.5 Å². The lowest BCUT2D eigenvalue weighted by Gasteiger charge is -2.35. The van der Waals surface area contributed by atoms with E-state index < -0.39 is 24.4 Å². The number of hydrogen-bond acceptors (Lipinski definition) is 4. The highest BCUT2D eigenvalue weighted by molar-refractivity contribution is 9.09. The van der Waals surface area contributed by atoms with Crippen LogP contribution in [0.1, 0.15) is 78.1 Å². The molecule has 0 saturated heterocycles. The van der Waals surface area contributed by atoms with Gasteiger partial charge in [0.15, 0.2) is 0 Å². The molecule has 0 unspecified atom stereocenters. The van der Waals surface area contributed by atoms with Crippen LogP contribution in [0.3, 0.4) is 0 Å². The maximum absolute atomic E-state index is 9.75. The molecule has 2 aliphatic carbocycles. The molecule has 0 aromatic carbocycles. The van der Waals surface area contributed by atoms with Crippen molar-refractivity contribution in [1.29, 1.82) is 0 Å². The molecule has 0 amide bonds. The van der Waals surface area contributed by atoms with Crippen LogP contribution in [0.5, 0.6) is 0 Å². The minimum Gasteiger partial charge on any atom is -0.390 e. The molecule has 156 valence electrons. The normalized spacial score (nSPS) is 40.6. The van der Waals surface area contributed by atoms with Gasteiger partial charge in [-0.2, -0.15) is 0 Å². The Kier molecular flexibility index (Phi) is 12.5. The van der Waals surface area contributed by atoms with Crippen LogP contribution in [-0.2, 0) is 0 Å². The van der Waals surface area contributed by atoms with E-state index in [1.54, 1.807) is 0 Å². The monoisotopic (exact) mass is 500 g/mol. The Morgan fingerprint density at radius 1 is 0.654 bits per heavy atom. The summed E-state index contributed by atoms with van der Waals surface area (Å²) in [6.45, 7) is 4.30. The molecule has 2 rings (SSSR count). The Hall–Kier alpha value is 0.800. The molecule has 2 aliphatic rings. The number of unbranched alkanes of at least 4 members (excludes halogenated alkanes) is 2. The predicted molar refractivity (Wildman–Crippen MR) is 114 cm³/mol. The number of halogens is 2. The predicted octanol–water partition coefficient (Wildman–Crippen LogP) is 4.14. The zero-order valence-electron chi connectivity index (χ0n) is 16.2. The third-order valence-corrected chi connectivity index (χ3v) is 8.13. The van der Waals surface area contributed by atoms with Gasteiger partial charge in [-0.05, 0) is 50.4 Å². The smallest absolute Gasteiger partial charge is 0.0837 e. The molecule has 6 heteroatoms. The molecule has 0 radical (unpaired) electrons. The fourth-order valence-corrected chi connectivity index (χ4v) is 5.69. The zero-order valence-corrected chi connectivity index (χ0v) is 19.4. The van der Waals surface area contributed by atoms with Gasteiger partial charge in [0.25, 0.3) is 0 Å². The molecule has 0 aliphatic heterocycles. The van der Waals surface area contributed by atoms with Gasteiger partial charge in [0, 0.05) is 9.65 Å². The molecule has 4 nitrogen and oxygen atoms in total. The van der Waals surface area contributed by atoms with Crippen LogP contribution in [0, 0.1) is 11.8 Å². The van der Waals surface area contributed by atoms with E-state index in [-0.39, 0.29) is 11.8 Å². The van der Waals surface area contributed by atoms with E-state index in [0.717, 1.165) is 64.2 Å². The summed E-state index contributed by atoms with van der Waals surface area (Å²) in [5.41, 5.74) is 0. The van der Waals surface area contributed by atoms with E-state index in [1.807, 2.05) is 0 Å². The molecule has 2 fully saturated rings. The summed E-state index contributed by atoms with van der Waals surface area (Å²) < 4.78 is 0. The van der Waals surface area contributed by atoms with Crippen molar-refractivity contribution in [2.24, 2.45) is 11.8 Å². The van der Waals surface area contributed by atoms with E-state index in [0.29, 0.717) is 9.65 Å². The number of rotatable bonds is 6. The Labute approximate surface area is 176 Å². The number of hydrogen-bond donors (Lipinski definition) is 4. The Morgan fingerprint density at radius 2 is 1.00 bits per heavy atom. The third kappa shape index (κ3) is 7.67. The zero-order chi connectivity index (χ0) is 19.7. The van der Waals surface area contributed by atoms with Gasteiger partial charge >= 0.3 is 0 Å². The molecule has 0 aromatic heterocycles. The van der Waals surface area contributed by atoms with Crippen molar-refractivity contribution in [3.63, 3.8) is 0 Å². The van der Waals surface area contributed by atoms with Crippen molar-refractivity contribution in [1.82, 2.24) is 0 Å². The molecule has 0 bridgehead atoms. The number of alkyl halides is 2. The largest absolute Gasteiger partial charge is 0.390 e. The first kappa shape index (κ1) is 24.8. The van der Waals surface area contributed by atoms with Gasteiger partial charge in [0.05, 0.1) is 24.4 Å². The lowest BCUT2D eigenvalue weighted by molar-refractivity contribution is -0.0436. The van der Waals surface area contributed by atoms with Gasteiger partial charge in [-0.1, -0.05) is 71.4 Å². The van der Waals surface area contributed by atoms with Crippen molar-refractivity contribution >= 4 is 31.9 Å². The molecule has 8 atom stereocenters. The first-order valence-electron chi connectivity index (χ1n) is 10.3. The summed E-state index contributed by atoms with van der Waals surface area (Å²) >= 11 is 7.16. The second-order valence-corrected chi connectivity index (χ2v) is 10.3. The van der Waals surface area contributed by atoms with Crippen LogP contribution >= 0.6 is 31.9 Å². The molecular formula is C20H38Br2O4. The topological polar surface area (TPSA) is 80.9 Å². The van der Waals surface area contributed by atoms with Gasteiger partial charge in [-0.25, -0.2) is 0 Å². The van der Waals surface area contributed by atoms with Crippen molar-refractivity contribution in [2.45, 2.75) is 112 Å². The van der Waals surface area contributed by atoms with Crippen LogP contribution < -0.4 is 0 Å². The molecule has 2 saturated carbocycles. The van der Waals surface area contributed by atoms with E-state index in [9.17, 15) is 20.4 Å². The second-order valence-electron chi connectivity index (χ2n) is 7.91. The van der Waals surface area contributed by atoms with Crippen LogP contribution in [0.2, 0.25) is 0 Å². The summed E-state index contributed by atoms with van der Waals surface area (Å²) in [4.78, 5) is 0.773. The highest BCUT2D eigenvalue weighted by Gasteiger charge is 2.36. The van der Waals surface area contributed by atoms with Gasteiger partial charge in [0.2, 0.25) is 0 Å². The standard InChI is InChI=1S/2C10H19BrO2/c2*1-2-3-4-7-8(11)5-6-9(12)10(7)13/h2*7-10,12-13H,2-6H2,1H3/t2*7-,8+,9-,10+/m00/s1. The Bertz CT molecular complexity index is 338. The van der Waals surface area contributed by atoms with Crippen molar-refractivity contribution in [3.05, 3.63) is 0 Å². The third-order valence-electron chi connectivity index (χ3n) is 5.85. The average Bonchev–Trinajstić information content (AvgIpc) is 2.62. The van der Waals surface area contributed by atoms with Crippen LogP contribution in [0.15, 0.2) is 0 Å². The number of aliphatic hydroxyl groups excluding tert-OH is 4. The van der Waals surface area contributed by atoms with Crippen molar-refractivity contribution in [3.8, 4) is 0 Å². The maximum atomic E-state index is 9.75. The molecule has 0 heterocycles. The first-order valence-corrected chi connectivity index (χ1v) is 12.2. The van der Waals surface area contributed by atoms with E-state index in [1.165, 1.54) is 0 Å². The van der Waals surface area contributed by atoms with Crippen molar-refractivity contribution < 1.29 is 20.4 Å². The summed E-state index contributed by atoms with van der Waals surface area (Å²) in [5, 5.41) is 38.5. The summed E-state index contributed by atoms with van der Waals surface area (Å²) in [7, 11) is 0. The fourth-order valence-electron chi connectivity index (χ4n) is 4.01. The van der Waals surface area contributed by atoms with Gasteiger partial charge in [-0.3, -0.25) is 0 Å².